The number of carbonyl (C=O) groups is 4. The molecule has 0 saturated heterocycles. The number of amides is 2. The maximum Gasteiger partial charge on any atom is 0.326 e. The van der Waals surface area contributed by atoms with Crippen LogP contribution < -0.4 is 19.7 Å². The number of Topliss-reactive ketones (excluding diaryl/α,β-unsaturated/α-hetero) is 1. The first-order chi connectivity index (χ1) is 14.4. The SMILES string of the molecule is C[C@H](NC(=O)COC(=O)CN1C(=O)C(=O)c2ccccc21)c1ccc2c(c1)OCO2. The van der Waals surface area contributed by atoms with Gasteiger partial charge in [0.2, 0.25) is 6.79 Å². The Morgan fingerprint density at radius 2 is 1.90 bits per heavy atom. The molecule has 154 valence electrons. The monoisotopic (exact) mass is 410 g/mol. The van der Waals surface area contributed by atoms with Crippen LogP contribution in [0, 0.1) is 0 Å². The van der Waals surface area contributed by atoms with Crippen molar-refractivity contribution in [1.29, 1.82) is 0 Å². The van der Waals surface area contributed by atoms with Gasteiger partial charge in [-0.25, -0.2) is 0 Å². The van der Waals surface area contributed by atoms with Gasteiger partial charge in [-0.2, -0.15) is 0 Å². The van der Waals surface area contributed by atoms with Gasteiger partial charge in [0, 0.05) is 0 Å². The summed E-state index contributed by atoms with van der Waals surface area (Å²) in [5.41, 5.74) is 1.40. The summed E-state index contributed by atoms with van der Waals surface area (Å²) in [5.74, 6) is -1.52. The van der Waals surface area contributed by atoms with Crippen LogP contribution in [0.3, 0.4) is 0 Å². The second kappa shape index (κ2) is 7.86. The number of benzene rings is 2. The maximum absolute atomic E-state index is 12.1. The molecule has 9 nitrogen and oxygen atoms in total. The molecule has 0 fully saturated rings. The predicted molar refractivity (Wildman–Crippen MR) is 103 cm³/mol. The second-order valence-electron chi connectivity index (χ2n) is 6.80. The molecule has 2 heterocycles. The summed E-state index contributed by atoms with van der Waals surface area (Å²) >= 11 is 0. The van der Waals surface area contributed by atoms with Crippen LogP contribution in [0.4, 0.5) is 5.69 Å². The summed E-state index contributed by atoms with van der Waals surface area (Å²) in [7, 11) is 0. The van der Waals surface area contributed by atoms with E-state index >= 15 is 0 Å². The van der Waals surface area contributed by atoms with Crippen LogP contribution in [0.1, 0.15) is 28.9 Å². The van der Waals surface area contributed by atoms with Gasteiger partial charge < -0.3 is 19.5 Å². The average Bonchev–Trinajstić information content (AvgIpc) is 3.31. The lowest BCUT2D eigenvalue weighted by molar-refractivity contribution is -0.147. The smallest absolute Gasteiger partial charge is 0.326 e. The van der Waals surface area contributed by atoms with Gasteiger partial charge in [0.25, 0.3) is 17.6 Å². The number of para-hydroxylation sites is 1. The molecule has 0 bridgehead atoms. The van der Waals surface area contributed by atoms with Gasteiger partial charge >= 0.3 is 5.97 Å². The predicted octanol–water partition coefficient (Wildman–Crippen LogP) is 1.37. The number of fused-ring (bicyclic) bond motifs is 2. The summed E-state index contributed by atoms with van der Waals surface area (Å²) in [5, 5.41) is 2.72. The Labute approximate surface area is 171 Å². The summed E-state index contributed by atoms with van der Waals surface area (Å²) in [6.45, 7) is 0.978. The van der Waals surface area contributed by atoms with E-state index in [2.05, 4.69) is 5.32 Å². The van der Waals surface area contributed by atoms with Crippen LogP contribution in [0.2, 0.25) is 0 Å². The lowest BCUT2D eigenvalue weighted by Gasteiger charge is -2.17. The van der Waals surface area contributed by atoms with Crippen molar-refractivity contribution in [1.82, 2.24) is 5.32 Å². The number of esters is 1. The zero-order valence-corrected chi connectivity index (χ0v) is 16.0. The number of nitrogens with one attached hydrogen (secondary N) is 1. The van der Waals surface area contributed by atoms with Crippen LogP contribution in [0.15, 0.2) is 42.5 Å². The quantitative estimate of drug-likeness (QED) is 0.565. The summed E-state index contributed by atoms with van der Waals surface area (Å²) in [6, 6.07) is 11.4. The number of anilines is 1. The fourth-order valence-electron chi connectivity index (χ4n) is 3.27. The Kier molecular flexibility index (Phi) is 5.09. The first-order valence-corrected chi connectivity index (χ1v) is 9.24. The molecule has 2 aliphatic heterocycles. The van der Waals surface area contributed by atoms with E-state index in [0.717, 1.165) is 10.5 Å². The van der Waals surface area contributed by atoms with Crippen molar-refractivity contribution >= 4 is 29.3 Å². The number of ether oxygens (including phenoxy) is 3. The highest BCUT2D eigenvalue weighted by Crippen LogP contribution is 2.34. The minimum Gasteiger partial charge on any atom is -0.454 e. The van der Waals surface area contributed by atoms with E-state index in [0.29, 0.717) is 17.2 Å². The van der Waals surface area contributed by atoms with E-state index < -0.39 is 36.7 Å². The van der Waals surface area contributed by atoms with Crippen molar-refractivity contribution in [2.75, 3.05) is 24.8 Å². The van der Waals surface area contributed by atoms with Gasteiger partial charge in [0.15, 0.2) is 18.1 Å². The molecule has 4 rings (SSSR count). The first kappa shape index (κ1) is 19.4. The van der Waals surface area contributed by atoms with Crippen molar-refractivity contribution < 1.29 is 33.4 Å². The number of ketones is 1. The normalized spacial score (nSPS) is 15.0. The Bertz CT molecular complexity index is 1050. The highest BCUT2D eigenvalue weighted by Gasteiger charge is 2.36. The molecule has 0 aliphatic carbocycles. The lowest BCUT2D eigenvalue weighted by atomic mass is 10.1. The molecule has 0 saturated carbocycles. The van der Waals surface area contributed by atoms with Crippen molar-refractivity contribution in [3.8, 4) is 11.5 Å². The van der Waals surface area contributed by atoms with Gasteiger partial charge in [0.1, 0.15) is 6.54 Å². The van der Waals surface area contributed by atoms with Gasteiger partial charge in [-0.1, -0.05) is 18.2 Å². The molecule has 2 amide bonds. The van der Waals surface area contributed by atoms with Gasteiger partial charge in [-0.3, -0.25) is 24.1 Å². The molecule has 2 aromatic carbocycles. The number of hydrogen-bond donors (Lipinski definition) is 1. The average molecular weight is 410 g/mol. The van der Waals surface area contributed by atoms with E-state index in [9.17, 15) is 19.2 Å². The molecule has 2 aromatic rings. The van der Waals surface area contributed by atoms with Gasteiger partial charge in [-0.15, -0.1) is 0 Å². The highest BCUT2D eigenvalue weighted by molar-refractivity contribution is 6.52. The third-order valence-electron chi connectivity index (χ3n) is 4.80. The standard InChI is InChI=1S/C21H18N2O7/c1-12(13-6-7-16-17(8-13)30-11-29-16)22-18(24)10-28-19(25)9-23-15-5-3-2-4-14(15)20(26)21(23)27/h2-8,12H,9-11H2,1H3,(H,22,24)/t12-/m0/s1. The summed E-state index contributed by atoms with van der Waals surface area (Å²) in [6.07, 6.45) is 0. The Morgan fingerprint density at radius 3 is 2.73 bits per heavy atom. The van der Waals surface area contributed by atoms with Crippen molar-refractivity contribution in [2.24, 2.45) is 0 Å². The van der Waals surface area contributed by atoms with Crippen molar-refractivity contribution in [3.05, 3.63) is 53.6 Å². The minimum atomic E-state index is -0.797. The summed E-state index contributed by atoms with van der Waals surface area (Å²) < 4.78 is 15.5. The van der Waals surface area contributed by atoms with Gasteiger partial charge in [0.05, 0.1) is 17.3 Å². The molecule has 0 spiro atoms. The van der Waals surface area contributed by atoms with Crippen molar-refractivity contribution in [2.45, 2.75) is 13.0 Å². The zero-order chi connectivity index (χ0) is 21.3. The number of carbonyl (C=O) groups excluding carboxylic acids is 4. The molecule has 9 heteroatoms. The lowest BCUT2D eigenvalue weighted by Crippen LogP contribution is -2.37. The maximum atomic E-state index is 12.1. The third kappa shape index (κ3) is 3.69. The molecule has 1 N–H and O–H groups in total. The van der Waals surface area contributed by atoms with Crippen LogP contribution in [-0.2, 0) is 19.1 Å². The molecule has 2 aliphatic rings. The fraction of sp³-hybridized carbons (Fsp3) is 0.238. The first-order valence-electron chi connectivity index (χ1n) is 9.24. The van der Waals surface area contributed by atoms with E-state index in [1.54, 1.807) is 43.3 Å². The molecule has 30 heavy (non-hydrogen) atoms. The molecule has 1 atom stereocenters. The Balaban J connectivity index is 1.29. The van der Waals surface area contributed by atoms with E-state index in [4.69, 9.17) is 14.2 Å². The second-order valence-corrected chi connectivity index (χ2v) is 6.80. The molecular formula is C21H18N2O7. The number of hydrogen-bond acceptors (Lipinski definition) is 7. The van der Waals surface area contributed by atoms with E-state index in [1.807, 2.05) is 0 Å². The topological polar surface area (TPSA) is 111 Å². The molecule has 0 radical (unpaired) electrons. The fourth-order valence-corrected chi connectivity index (χ4v) is 3.27. The van der Waals surface area contributed by atoms with Crippen LogP contribution in [0.25, 0.3) is 0 Å². The zero-order valence-electron chi connectivity index (χ0n) is 16.0. The van der Waals surface area contributed by atoms with Crippen LogP contribution in [-0.4, -0.2) is 43.5 Å². The minimum absolute atomic E-state index is 0.158. The summed E-state index contributed by atoms with van der Waals surface area (Å²) in [4.78, 5) is 49.3. The largest absolute Gasteiger partial charge is 0.454 e. The third-order valence-corrected chi connectivity index (χ3v) is 4.80. The van der Waals surface area contributed by atoms with Crippen LogP contribution >= 0.6 is 0 Å². The van der Waals surface area contributed by atoms with Crippen LogP contribution in [0.5, 0.6) is 11.5 Å². The number of nitrogens with zero attached hydrogens (tertiary/aromatic N) is 1. The highest BCUT2D eigenvalue weighted by atomic mass is 16.7. The molecular weight excluding hydrogens is 392 g/mol. The van der Waals surface area contributed by atoms with Gasteiger partial charge in [-0.05, 0) is 36.8 Å². The van der Waals surface area contributed by atoms with E-state index in [-0.39, 0.29) is 18.4 Å². The van der Waals surface area contributed by atoms with Crippen molar-refractivity contribution in [3.63, 3.8) is 0 Å². The Morgan fingerprint density at radius 1 is 1.13 bits per heavy atom. The Hall–Kier alpha value is -3.88. The number of rotatable bonds is 6. The van der Waals surface area contributed by atoms with E-state index in [1.165, 1.54) is 6.07 Å². The molecule has 0 aromatic heterocycles. The molecule has 0 unspecified atom stereocenters.